The van der Waals surface area contributed by atoms with E-state index in [1.807, 2.05) is 23.6 Å². The van der Waals surface area contributed by atoms with Gasteiger partial charge in [0.25, 0.3) is 0 Å². The van der Waals surface area contributed by atoms with E-state index in [0.717, 1.165) is 21.8 Å². The summed E-state index contributed by atoms with van der Waals surface area (Å²) < 4.78 is 45.1. The van der Waals surface area contributed by atoms with Gasteiger partial charge in [-0.1, -0.05) is 0 Å². The summed E-state index contributed by atoms with van der Waals surface area (Å²) in [5.74, 6) is 1.28. The first-order chi connectivity index (χ1) is 12.4. The molecule has 0 atom stereocenters. The summed E-state index contributed by atoms with van der Waals surface area (Å²) in [5.41, 5.74) is 2.42. The molecule has 26 heavy (non-hydrogen) atoms. The van der Waals surface area contributed by atoms with Crippen LogP contribution in [0.2, 0.25) is 0 Å². The lowest BCUT2D eigenvalue weighted by atomic mass is 10.1. The number of nitrogens with zero attached hydrogens (tertiary/aromatic N) is 1. The molecule has 0 spiro atoms. The predicted molar refractivity (Wildman–Crippen MR) is 98.3 cm³/mol. The minimum absolute atomic E-state index is 0.0200. The number of aromatic nitrogens is 1. The monoisotopic (exact) mass is 393 g/mol. The first-order valence-electron chi connectivity index (χ1n) is 7.35. The standard InChI is InChI=1S/C17H15NO6S2/c1-22-15-8-5-12(9-16(15)23-2)17-18-14(10-25-17)11-3-6-13(7-4-11)24-26(19,20)21/h3-10H,1-2H3,(H,19,20,21). The molecule has 0 unspecified atom stereocenters. The van der Waals surface area contributed by atoms with Crippen LogP contribution in [0.15, 0.2) is 47.8 Å². The molecule has 0 aliphatic carbocycles. The molecule has 1 aromatic heterocycles. The lowest BCUT2D eigenvalue weighted by Gasteiger charge is -2.08. The molecule has 1 N–H and O–H groups in total. The molecule has 0 saturated carbocycles. The van der Waals surface area contributed by atoms with Crippen LogP contribution < -0.4 is 13.7 Å². The molecule has 3 rings (SSSR count). The molecular formula is C17H15NO6S2. The van der Waals surface area contributed by atoms with E-state index >= 15 is 0 Å². The maximum absolute atomic E-state index is 10.7. The van der Waals surface area contributed by atoms with Gasteiger partial charge >= 0.3 is 10.4 Å². The van der Waals surface area contributed by atoms with Gasteiger partial charge in [0.1, 0.15) is 10.8 Å². The molecule has 0 aliphatic heterocycles. The van der Waals surface area contributed by atoms with Crippen LogP contribution >= 0.6 is 11.3 Å². The van der Waals surface area contributed by atoms with Crippen LogP contribution in [0.1, 0.15) is 0 Å². The fourth-order valence-electron chi connectivity index (χ4n) is 2.31. The number of hydrogen-bond donors (Lipinski definition) is 1. The third kappa shape index (κ3) is 4.13. The SMILES string of the molecule is COc1ccc(-c2nc(-c3ccc(OS(=O)(=O)O)cc3)cs2)cc1OC. The van der Waals surface area contributed by atoms with Crippen LogP contribution in [0.4, 0.5) is 0 Å². The van der Waals surface area contributed by atoms with Crippen molar-refractivity contribution in [3.63, 3.8) is 0 Å². The quantitative estimate of drug-likeness (QED) is 0.638. The van der Waals surface area contributed by atoms with Crippen molar-refractivity contribution < 1.29 is 26.6 Å². The highest BCUT2D eigenvalue weighted by molar-refractivity contribution is 7.81. The maximum atomic E-state index is 10.7. The summed E-state index contributed by atoms with van der Waals surface area (Å²) >= 11 is 1.47. The van der Waals surface area contributed by atoms with Gasteiger partial charge in [-0.25, -0.2) is 4.98 Å². The normalized spacial score (nSPS) is 11.2. The first-order valence-corrected chi connectivity index (χ1v) is 9.59. The van der Waals surface area contributed by atoms with E-state index < -0.39 is 10.4 Å². The van der Waals surface area contributed by atoms with Gasteiger partial charge < -0.3 is 13.7 Å². The largest absolute Gasteiger partial charge is 0.493 e. The van der Waals surface area contributed by atoms with Crippen molar-refractivity contribution in [2.75, 3.05) is 14.2 Å². The number of thiazole rings is 1. The second kappa shape index (κ2) is 7.32. The Morgan fingerprint density at radius 1 is 0.962 bits per heavy atom. The molecule has 0 amide bonds. The Balaban J connectivity index is 1.86. The van der Waals surface area contributed by atoms with Crippen molar-refractivity contribution >= 4 is 21.7 Å². The lowest BCUT2D eigenvalue weighted by Crippen LogP contribution is -2.06. The minimum Gasteiger partial charge on any atom is -0.493 e. The van der Waals surface area contributed by atoms with Gasteiger partial charge in [-0.05, 0) is 42.5 Å². The zero-order valence-electron chi connectivity index (χ0n) is 13.9. The summed E-state index contributed by atoms with van der Waals surface area (Å²) in [5, 5.41) is 2.70. The number of methoxy groups -OCH3 is 2. The molecule has 0 saturated heterocycles. The Bertz CT molecular complexity index is 1010. The van der Waals surface area contributed by atoms with E-state index in [-0.39, 0.29) is 5.75 Å². The van der Waals surface area contributed by atoms with Gasteiger partial charge in [0, 0.05) is 16.5 Å². The van der Waals surface area contributed by atoms with Gasteiger partial charge in [0.15, 0.2) is 11.5 Å². The number of benzene rings is 2. The van der Waals surface area contributed by atoms with Crippen molar-refractivity contribution in [3.8, 4) is 39.1 Å². The Labute approximate surface area is 154 Å². The molecule has 0 radical (unpaired) electrons. The summed E-state index contributed by atoms with van der Waals surface area (Å²) in [4.78, 5) is 4.60. The van der Waals surface area contributed by atoms with E-state index in [0.29, 0.717) is 11.5 Å². The topological polar surface area (TPSA) is 95.0 Å². The zero-order chi connectivity index (χ0) is 18.7. The molecule has 2 aromatic carbocycles. The number of rotatable bonds is 6. The van der Waals surface area contributed by atoms with Gasteiger partial charge in [0.2, 0.25) is 0 Å². The van der Waals surface area contributed by atoms with Crippen LogP contribution in [0.25, 0.3) is 21.8 Å². The summed E-state index contributed by atoms with van der Waals surface area (Å²) in [6, 6.07) is 11.8. The average molecular weight is 393 g/mol. The fourth-order valence-corrected chi connectivity index (χ4v) is 3.49. The minimum atomic E-state index is -4.53. The van der Waals surface area contributed by atoms with E-state index in [1.165, 1.54) is 23.5 Å². The lowest BCUT2D eigenvalue weighted by molar-refractivity contribution is 0.355. The molecule has 7 nitrogen and oxygen atoms in total. The summed E-state index contributed by atoms with van der Waals surface area (Å²) in [6.45, 7) is 0. The molecule has 0 bridgehead atoms. The van der Waals surface area contributed by atoms with Crippen LogP contribution in [-0.2, 0) is 10.4 Å². The predicted octanol–water partition coefficient (Wildman–Crippen LogP) is 3.68. The van der Waals surface area contributed by atoms with Gasteiger partial charge in [-0.3, -0.25) is 4.55 Å². The van der Waals surface area contributed by atoms with Crippen LogP contribution in [-0.4, -0.2) is 32.2 Å². The molecule has 0 aliphatic rings. The molecule has 0 fully saturated rings. The Morgan fingerprint density at radius 3 is 2.23 bits per heavy atom. The Morgan fingerprint density at radius 2 is 1.62 bits per heavy atom. The van der Waals surface area contributed by atoms with Gasteiger partial charge in [-0.2, -0.15) is 8.42 Å². The Kier molecular flexibility index (Phi) is 5.12. The molecule has 9 heteroatoms. The molecule has 1 heterocycles. The highest BCUT2D eigenvalue weighted by atomic mass is 32.3. The second-order valence-electron chi connectivity index (χ2n) is 5.14. The van der Waals surface area contributed by atoms with E-state index in [2.05, 4.69) is 9.17 Å². The van der Waals surface area contributed by atoms with Crippen LogP contribution in [0, 0.1) is 0 Å². The fraction of sp³-hybridized carbons (Fsp3) is 0.118. The zero-order valence-corrected chi connectivity index (χ0v) is 15.5. The van der Waals surface area contributed by atoms with Crippen molar-refractivity contribution in [2.45, 2.75) is 0 Å². The van der Waals surface area contributed by atoms with Crippen LogP contribution in [0.3, 0.4) is 0 Å². The molecular weight excluding hydrogens is 378 g/mol. The van der Waals surface area contributed by atoms with Gasteiger partial charge in [0.05, 0.1) is 19.9 Å². The highest BCUT2D eigenvalue weighted by Crippen LogP contribution is 2.35. The van der Waals surface area contributed by atoms with Gasteiger partial charge in [-0.15, -0.1) is 11.3 Å². The third-order valence-corrected chi connectivity index (χ3v) is 4.78. The van der Waals surface area contributed by atoms with Crippen molar-refractivity contribution in [2.24, 2.45) is 0 Å². The first kappa shape index (κ1) is 18.2. The number of hydrogen-bond acceptors (Lipinski definition) is 7. The number of ether oxygens (including phenoxy) is 2. The van der Waals surface area contributed by atoms with E-state index in [1.54, 1.807) is 26.4 Å². The second-order valence-corrected chi connectivity index (χ2v) is 7.02. The van der Waals surface area contributed by atoms with Crippen molar-refractivity contribution in [1.29, 1.82) is 0 Å². The van der Waals surface area contributed by atoms with E-state index in [9.17, 15) is 8.42 Å². The highest BCUT2D eigenvalue weighted by Gasteiger charge is 2.11. The van der Waals surface area contributed by atoms with Crippen molar-refractivity contribution in [3.05, 3.63) is 47.8 Å². The Hall–Kier alpha value is -2.62. The smallest absolute Gasteiger partial charge is 0.446 e. The van der Waals surface area contributed by atoms with E-state index in [4.69, 9.17) is 14.0 Å². The van der Waals surface area contributed by atoms with Crippen molar-refractivity contribution in [1.82, 2.24) is 4.98 Å². The average Bonchev–Trinajstić information content (AvgIpc) is 3.10. The molecule has 136 valence electrons. The molecule has 3 aromatic rings. The summed E-state index contributed by atoms with van der Waals surface area (Å²) in [6.07, 6.45) is 0. The third-order valence-electron chi connectivity index (χ3n) is 3.49. The summed E-state index contributed by atoms with van der Waals surface area (Å²) in [7, 11) is -1.38. The van der Waals surface area contributed by atoms with Crippen LogP contribution in [0.5, 0.6) is 17.2 Å². The maximum Gasteiger partial charge on any atom is 0.446 e.